The van der Waals surface area contributed by atoms with Crippen LogP contribution in [-0.2, 0) is 24.2 Å². The fraction of sp³-hybridized carbons (Fsp3) is 0.476. The van der Waals surface area contributed by atoms with Crippen molar-refractivity contribution in [2.45, 2.75) is 38.1 Å². The Labute approximate surface area is 200 Å². The average molecular weight is 545 g/mol. The molecule has 166 valence electrons. The highest BCUT2D eigenvalue weighted by molar-refractivity contribution is 14.0. The second-order valence-electron chi connectivity index (χ2n) is 6.63. The van der Waals surface area contributed by atoms with Crippen LogP contribution >= 0.6 is 35.7 Å². The zero-order valence-electron chi connectivity index (χ0n) is 18.1. The summed E-state index contributed by atoms with van der Waals surface area (Å²) in [6.07, 6.45) is 1.58. The lowest BCUT2D eigenvalue weighted by Crippen LogP contribution is -2.43. The van der Waals surface area contributed by atoms with E-state index in [0.29, 0.717) is 12.5 Å². The van der Waals surface area contributed by atoms with Gasteiger partial charge in [-0.3, -0.25) is 4.79 Å². The number of thioether (sulfide) groups is 1. The van der Waals surface area contributed by atoms with Crippen LogP contribution in [0.1, 0.15) is 30.9 Å². The fourth-order valence-electron chi connectivity index (χ4n) is 2.62. The topological polar surface area (TPSA) is 82.8 Å². The third kappa shape index (κ3) is 8.55. The van der Waals surface area contributed by atoms with E-state index in [2.05, 4.69) is 39.8 Å². The van der Waals surface area contributed by atoms with E-state index in [9.17, 15) is 4.79 Å². The van der Waals surface area contributed by atoms with Crippen LogP contribution < -0.4 is 10.6 Å². The number of nitrogens with one attached hydrogen (secondary N) is 2. The van der Waals surface area contributed by atoms with Crippen LogP contribution in [-0.4, -0.2) is 54.9 Å². The number of likely N-dealkylation sites (N-methyl/N-ethyl adjacent to an activating group) is 1. The van der Waals surface area contributed by atoms with E-state index < -0.39 is 0 Å². The number of amides is 1. The molecule has 2 N–H and O–H groups in total. The van der Waals surface area contributed by atoms with Crippen molar-refractivity contribution in [1.82, 2.24) is 20.7 Å². The Bertz CT molecular complexity index is 774. The molecule has 1 heterocycles. The molecule has 0 fully saturated rings. The molecule has 0 aliphatic carbocycles. The van der Waals surface area contributed by atoms with Crippen molar-refractivity contribution >= 4 is 47.6 Å². The van der Waals surface area contributed by atoms with Crippen molar-refractivity contribution in [2.75, 3.05) is 32.9 Å². The summed E-state index contributed by atoms with van der Waals surface area (Å²) in [6.45, 7) is 5.48. The number of hydrogen-bond acceptors (Lipinski definition) is 5. The van der Waals surface area contributed by atoms with Crippen LogP contribution in [0, 0.1) is 0 Å². The number of aryl methyl sites for hydroxylation is 2. The van der Waals surface area contributed by atoms with E-state index in [-0.39, 0.29) is 36.4 Å². The molecule has 2 aromatic rings. The molecule has 0 spiro atoms. The minimum Gasteiger partial charge on any atom is -0.361 e. The third-order valence-corrected chi connectivity index (χ3v) is 5.33. The summed E-state index contributed by atoms with van der Waals surface area (Å²) in [5.41, 5.74) is 1.97. The molecule has 0 bridgehead atoms. The van der Waals surface area contributed by atoms with Gasteiger partial charge in [0.25, 0.3) is 0 Å². The van der Waals surface area contributed by atoms with Crippen molar-refractivity contribution in [2.24, 2.45) is 4.99 Å². The van der Waals surface area contributed by atoms with Crippen LogP contribution in [0.3, 0.4) is 0 Å². The average Bonchev–Trinajstić information content (AvgIpc) is 3.14. The standard InChI is InChI=1S/C21H31N5O2S.HI/c1-5-18-17(19(6-2)28-25-18)14-23-21(24-15-20(27)26(3)4)22-12-13-29-16-10-8-7-9-11-16;/h7-11H,5-6,12-15H2,1-4H3,(H2,22,23,24);1H. The Morgan fingerprint density at radius 3 is 2.53 bits per heavy atom. The number of nitrogens with zero attached hydrogens (tertiary/aromatic N) is 3. The number of carbonyl (C=O) groups excluding carboxylic acids is 1. The first-order chi connectivity index (χ1) is 14.0. The van der Waals surface area contributed by atoms with Crippen LogP contribution in [0.15, 0.2) is 44.7 Å². The van der Waals surface area contributed by atoms with Crippen LogP contribution in [0.25, 0.3) is 0 Å². The normalized spacial score (nSPS) is 11.0. The van der Waals surface area contributed by atoms with Crippen LogP contribution in [0.5, 0.6) is 0 Å². The number of hydrogen-bond donors (Lipinski definition) is 2. The van der Waals surface area contributed by atoms with Crippen molar-refractivity contribution in [1.29, 1.82) is 0 Å². The predicted octanol–water partition coefficient (Wildman–Crippen LogP) is 3.33. The summed E-state index contributed by atoms with van der Waals surface area (Å²) >= 11 is 1.77. The summed E-state index contributed by atoms with van der Waals surface area (Å²) in [4.78, 5) is 19.4. The summed E-state index contributed by atoms with van der Waals surface area (Å²) in [5, 5.41) is 10.6. The molecule has 1 aromatic heterocycles. The van der Waals surface area contributed by atoms with Gasteiger partial charge in [-0.25, -0.2) is 4.99 Å². The van der Waals surface area contributed by atoms with Crippen LogP contribution in [0.2, 0.25) is 0 Å². The summed E-state index contributed by atoms with van der Waals surface area (Å²) < 4.78 is 5.42. The Hall–Kier alpha value is -1.75. The fourth-order valence-corrected chi connectivity index (χ4v) is 3.41. The van der Waals surface area contributed by atoms with Gasteiger partial charge in [0.05, 0.1) is 18.8 Å². The first kappa shape index (κ1) is 26.3. The van der Waals surface area contributed by atoms with Crippen molar-refractivity contribution < 1.29 is 9.32 Å². The maximum absolute atomic E-state index is 11.9. The van der Waals surface area contributed by atoms with Crippen molar-refractivity contribution in [3.05, 3.63) is 47.3 Å². The molecule has 1 aromatic carbocycles. The lowest BCUT2D eigenvalue weighted by atomic mass is 10.1. The highest BCUT2D eigenvalue weighted by atomic mass is 127. The van der Waals surface area contributed by atoms with E-state index in [1.165, 1.54) is 4.90 Å². The van der Waals surface area contributed by atoms with Gasteiger partial charge in [-0.2, -0.15) is 0 Å². The van der Waals surface area contributed by atoms with Gasteiger partial charge in [0, 0.05) is 43.3 Å². The van der Waals surface area contributed by atoms with Gasteiger partial charge in [-0.15, -0.1) is 35.7 Å². The molecule has 0 radical (unpaired) electrons. The molecule has 0 aliphatic heterocycles. The highest BCUT2D eigenvalue weighted by Gasteiger charge is 2.13. The van der Waals surface area contributed by atoms with Gasteiger partial charge in [0.15, 0.2) is 5.96 Å². The summed E-state index contributed by atoms with van der Waals surface area (Å²) in [5.74, 6) is 2.36. The molecule has 0 atom stereocenters. The number of guanidine groups is 1. The number of aliphatic imine (C=N–C) groups is 1. The minimum absolute atomic E-state index is 0. The Kier molecular flexibility index (Phi) is 12.5. The van der Waals surface area contributed by atoms with Crippen molar-refractivity contribution in [3.8, 4) is 0 Å². The quantitative estimate of drug-likeness (QED) is 0.157. The summed E-state index contributed by atoms with van der Waals surface area (Å²) in [6, 6.07) is 10.3. The molecule has 9 heteroatoms. The molecular weight excluding hydrogens is 513 g/mol. The van der Waals surface area contributed by atoms with Crippen LogP contribution in [0.4, 0.5) is 0 Å². The number of halogens is 1. The number of aromatic nitrogens is 1. The van der Waals surface area contributed by atoms with Crippen molar-refractivity contribution in [3.63, 3.8) is 0 Å². The second kappa shape index (κ2) is 14.3. The van der Waals surface area contributed by atoms with Gasteiger partial charge in [-0.1, -0.05) is 37.2 Å². The monoisotopic (exact) mass is 545 g/mol. The number of benzene rings is 1. The first-order valence-electron chi connectivity index (χ1n) is 9.91. The first-order valence-corrected chi connectivity index (χ1v) is 10.9. The Balaban J connectivity index is 0.00000450. The second-order valence-corrected chi connectivity index (χ2v) is 7.80. The molecule has 0 aliphatic rings. The lowest BCUT2D eigenvalue weighted by molar-refractivity contribution is -0.127. The summed E-state index contributed by atoms with van der Waals surface area (Å²) in [7, 11) is 3.48. The van der Waals surface area contributed by atoms with E-state index in [1.807, 2.05) is 25.1 Å². The lowest BCUT2D eigenvalue weighted by Gasteiger charge is -2.15. The van der Waals surface area contributed by atoms with E-state index in [4.69, 9.17) is 4.52 Å². The molecular formula is C21H32IN5O2S. The minimum atomic E-state index is -0.00775. The van der Waals surface area contributed by atoms with E-state index in [1.54, 1.807) is 30.8 Å². The Morgan fingerprint density at radius 1 is 1.17 bits per heavy atom. The van der Waals surface area contributed by atoms with E-state index >= 15 is 0 Å². The highest BCUT2D eigenvalue weighted by Crippen LogP contribution is 2.17. The molecule has 0 saturated heterocycles. The molecule has 1 amide bonds. The van der Waals surface area contributed by atoms with E-state index in [0.717, 1.165) is 42.2 Å². The number of rotatable bonds is 10. The van der Waals surface area contributed by atoms with Gasteiger partial charge < -0.3 is 20.1 Å². The third-order valence-electron chi connectivity index (χ3n) is 4.31. The smallest absolute Gasteiger partial charge is 0.241 e. The maximum atomic E-state index is 11.9. The predicted molar refractivity (Wildman–Crippen MR) is 134 cm³/mol. The van der Waals surface area contributed by atoms with Gasteiger partial charge in [-0.05, 0) is 18.6 Å². The molecule has 7 nitrogen and oxygen atoms in total. The van der Waals surface area contributed by atoms with Gasteiger partial charge in [0.1, 0.15) is 5.76 Å². The SMILES string of the molecule is CCc1noc(CC)c1CN=C(NCCSc1ccccc1)NCC(=O)N(C)C.I. The van der Waals surface area contributed by atoms with Gasteiger partial charge in [0.2, 0.25) is 5.91 Å². The maximum Gasteiger partial charge on any atom is 0.241 e. The van der Waals surface area contributed by atoms with Gasteiger partial charge >= 0.3 is 0 Å². The molecule has 0 unspecified atom stereocenters. The zero-order chi connectivity index (χ0) is 21.1. The molecule has 2 rings (SSSR count). The molecule has 30 heavy (non-hydrogen) atoms. The Morgan fingerprint density at radius 2 is 1.90 bits per heavy atom. The number of carbonyl (C=O) groups is 1. The zero-order valence-corrected chi connectivity index (χ0v) is 21.3. The molecule has 0 saturated carbocycles. The largest absolute Gasteiger partial charge is 0.361 e.